The van der Waals surface area contributed by atoms with Crippen LogP contribution in [0.1, 0.15) is 18.9 Å². The minimum atomic E-state index is -0.316. The molecule has 0 N–H and O–H groups in total. The molecule has 0 aliphatic carbocycles. The van der Waals surface area contributed by atoms with Crippen LogP contribution in [0.3, 0.4) is 0 Å². The number of thioether (sulfide) groups is 1. The van der Waals surface area contributed by atoms with Crippen LogP contribution in [0.5, 0.6) is 11.5 Å². The van der Waals surface area contributed by atoms with E-state index in [0.717, 1.165) is 34.7 Å². The third-order valence-corrected chi connectivity index (χ3v) is 7.64. The van der Waals surface area contributed by atoms with Gasteiger partial charge in [0, 0.05) is 23.4 Å². The highest BCUT2D eigenvalue weighted by atomic mass is 32.2. The first-order valence-corrected chi connectivity index (χ1v) is 13.1. The average Bonchev–Trinajstić information content (AvgIpc) is 3.40. The van der Waals surface area contributed by atoms with E-state index < -0.39 is 0 Å². The molecule has 7 nitrogen and oxygen atoms in total. The van der Waals surface area contributed by atoms with E-state index >= 15 is 0 Å². The number of carbonyl (C=O) groups is 1. The number of fused-ring (bicyclic) bond motifs is 1. The van der Waals surface area contributed by atoms with Gasteiger partial charge in [0.2, 0.25) is 11.1 Å². The van der Waals surface area contributed by atoms with E-state index in [1.54, 1.807) is 14.2 Å². The number of rotatable bonds is 8. The molecule has 0 saturated heterocycles. The zero-order valence-electron chi connectivity index (χ0n) is 21.0. The molecular weight excluding hydrogens is 484 g/mol. The summed E-state index contributed by atoms with van der Waals surface area (Å²) in [6.45, 7) is 2.71. The van der Waals surface area contributed by atoms with Crippen molar-refractivity contribution in [2.24, 2.45) is 0 Å². The quantitative estimate of drug-likeness (QED) is 0.281. The Kier molecular flexibility index (Phi) is 7.37. The maximum Gasteiger partial charge on any atom is 0.240 e. The van der Waals surface area contributed by atoms with Crippen LogP contribution in [0, 0.1) is 0 Å². The summed E-state index contributed by atoms with van der Waals surface area (Å²) >= 11 is 1.36. The number of nitrogens with zero attached hydrogens (tertiary/aromatic N) is 4. The fourth-order valence-electron chi connectivity index (χ4n) is 4.43. The molecule has 1 atom stereocenters. The minimum Gasteiger partial charge on any atom is -0.497 e. The molecule has 1 aliphatic rings. The maximum atomic E-state index is 13.5. The number of carbonyl (C=O) groups excluding carboxylic acids is 1. The first-order chi connectivity index (χ1) is 18.1. The zero-order chi connectivity index (χ0) is 25.8. The van der Waals surface area contributed by atoms with Crippen molar-refractivity contribution in [3.63, 3.8) is 0 Å². The molecule has 2 heterocycles. The van der Waals surface area contributed by atoms with E-state index in [4.69, 9.17) is 14.5 Å². The summed E-state index contributed by atoms with van der Waals surface area (Å²) in [7, 11) is 3.27. The fourth-order valence-corrected chi connectivity index (χ4v) is 5.31. The molecule has 3 aromatic carbocycles. The Morgan fingerprint density at radius 1 is 0.892 bits per heavy atom. The van der Waals surface area contributed by atoms with Gasteiger partial charge in [-0.05, 0) is 73.0 Å². The smallest absolute Gasteiger partial charge is 0.240 e. The maximum absolute atomic E-state index is 13.5. The highest BCUT2D eigenvalue weighted by Gasteiger charge is 2.30. The van der Waals surface area contributed by atoms with E-state index in [1.165, 1.54) is 17.3 Å². The van der Waals surface area contributed by atoms with Gasteiger partial charge < -0.3 is 14.4 Å². The lowest BCUT2D eigenvalue weighted by atomic mass is 10.0. The van der Waals surface area contributed by atoms with E-state index in [1.807, 2.05) is 78.6 Å². The second-order valence-corrected chi connectivity index (χ2v) is 9.80. The number of hydrogen-bond acceptors (Lipinski definition) is 7. The van der Waals surface area contributed by atoms with E-state index in [0.29, 0.717) is 29.5 Å². The third kappa shape index (κ3) is 5.15. The lowest BCUT2D eigenvalue weighted by Crippen LogP contribution is -2.36. The van der Waals surface area contributed by atoms with Gasteiger partial charge in [-0.15, -0.1) is 10.2 Å². The van der Waals surface area contributed by atoms with Gasteiger partial charge in [0.25, 0.3) is 0 Å². The predicted molar refractivity (Wildman–Crippen MR) is 146 cm³/mol. The molecule has 0 bridgehead atoms. The lowest BCUT2D eigenvalue weighted by molar-refractivity contribution is -0.118. The largest absolute Gasteiger partial charge is 0.497 e. The molecule has 1 unspecified atom stereocenters. The molecule has 1 aromatic heterocycles. The lowest BCUT2D eigenvalue weighted by Gasteiger charge is -2.22. The number of anilines is 1. The summed E-state index contributed by atoms with van der Waals surface area (Å²) in [4.78, 5) is 20.3. The fraction of sp³-hybridized carbons (Fsp3) is 0.241. The Morgan fingerprint density at radius 3 is 2.14 bits per heavy atom. The molecule has 37 heavy (non-hydrogen) atoms. The van der Waals surface area contributed by atoms with Gasteiger partial charge in [0.15, 0.2) is 0 Å². The van der Waals surface area contributed by atoms with Crippen LogP contribution in [0.4, 0.5) is 5.69 Å². The molecule has 8 heteroatoms. The highest BCUT2D eigenvalue weighted by Crippen LogP contribution is 2.35. The number of ether oxygens (including phenoxy) is 2. The number of hydrogen-bond donors (Lipinski definition) is 0. The average molecular weight is 513 g/mol. The van der Waals surface area contributed by atoms with Crippen LogP contribution >= 0.6 is 11.8 Å². The molecule has 0 saturated carbocycles. The molecule has 0 radical (unpaired) electrons. The standard InChI is InChI=1S/C29H28N4O3S/c1-4-25(28(34)33-18-17-19-7-5-6-8-24(19)33)37-29-30-26(20-9-13-22(35-2)14-10-20)27(31-32-29)21-11-15-23(36-3)16-12-21/h5-16,25H,4,17-18H2,1-3H3. The van der Waals surface area contributed by atoms with Crippen LogP contribution in [0.2, 0.25) is 0 Å². The van der Waals surface area contributed by atoms with Gasteiger partial charge in [-0.2, -0.15) is 0 Å². The number of benzene rings is 3. The molecule has 0 fully saturated rings. The third-order valence-electron chi connectivity index (χ3n) is 6.44. The first-order valence-electron chi connectivity index (χ1n) is 12.2. The van der Waals surface area contributed by atoms with Crippen molar-refractivity contribution in [2.75, 3.05) is 25.7 Å². The van der Waals surface area contributed by atoms with Crippen molar-refractivity contribution in [1.29, 1.82) is 0 Å². The molecule has 1 amide bonds. The Hall–Kier alpha value is -3.91. The monoisotopic (exact) mass is 512 g/mol. The number of para-hydroxylation sites is 1. The van der Waals surface area contributed by atoms with Gasteiger partial charge in [-0.3, -0.25) is 4.79 Å². The van der Waals surface area contributed by atoms with E-state index in [2.05, 4.69) is 16.3 Å². The van der Waals surface area contributed by atoms with Crippen LogP contribution in [-0.4, -0.2) is 47.1 Å². The minimum absolute atomic E-state index is 0.0753. The predicted octanol–water partition coefficient (Wildman–Crippen LogP) is 5.68. The van der Waals surface area contributed by atoms with Crippen molar-refractivity contribution < 1.29 is 14.3 Å². The zero-order valence-corrected chi connectivity index (χ0v) is 21.9. The summed E-state index contributed by atoms with van der Waals surface area (Å²) in [6.07, 6.45) is 1.53. The molecule has 5 rings (SSSR count). The van der Waals surface area contributed by atoms with Crippen molar-refractivity contribution in [1.82, 2.24) is 15.2 Å². The summed E-state index contributed by atoms with van der Waals surface area (Å²) < 4.78 is 10.6. The van der Waals surface area contributed by atoms with Crippen molar-refractivity contribution >= 4 is 23.4 Å². The number of methoxy groups -OCH3 is 2. The molecular formula is C29H28N4O3S. The Morgan fingerprint density at radius 2 is 1.51 bits per heavy atom. The first kappa shape index (κ1) is 24.8. The van der Waals surface area contributed by atoms with Crippen LogP contribution in [-0.2, 0) is 11.2 Å². The highest BCUT2D eigenvalue weighted by molar-refractivity contribution is 8.00. The van der Waals surface area contributed by atoms with Crippen molar-refractivity contribution in [3.05, 3.63) is 78.4 Å². The topological polar surface area (TPSA) is 77.4 Å². The van der Waals surface area contributed by atoms with Crippen LogP contribution in [0.25, 0.3) is 22.5 Å². The second-order valence-electron chi connectivity index (χ2n) is 8.63. The molecule has 188 valence electrons. The summed E-state index contributed by atoms with van der Waals surface area (Å²) in [5, 5.41) is 9.16. The van der Waals surface area contributed by atoms with E-state index in [-0.39, 0.29) is 11.2 Å². The van der Waals surface area contributed by atoms with E-state index in [9.17, 15) is 4.79 Å². The Labute approximate surface area is 220 Å². The molecule has 0 spiro atoms. The Bertz CT molecular complexity index is 1390. The summed E-state index contributed by atoms with van der Waals surface area (Å²) in [5.74, 6) is 1.59. The SMILES string of the molecule is CCC(Sc1nnc(-c2ccc(OC)cc2)c(-c2ccc(OC)cc2)n1)C(=O)N1CCc2ccccc21. The van der Waals surface area contributed by atoms with Gasteiger partial charge >= 0.3 is 0 Å². The van der Waals surface area contributed by atoms with Crippen LogP contribution in [0.15, 0.2) is 78.0 Å². The normalized spacial score (nSPS) is 13.2. The summed E-state index contributed by atoms with van der Waals surface area (Å²) in [6, 6.07) is 23.4. The number of amides is 1. The van der Waals surface area contributed by atoms with Gasteiger partial charge in [-0.25, -0.2) is 4.98 Å². The van der Waals surface area contributed by atoms with Gasteiger partial charge in [-0.1, -0.05) is 36.9 Å². The molecule has 4 aromatic rings. The Balaban J connectivity index is 1.47. The number of aromatic nitrogens is 3. The second kappa shape index (κ2) is 11.0. The molecule has 1 aliphatic heterocycles. The van der Waals surface area contributed by atoms with Gasteiger partial charge in [0.1, 0.15) is 22.9 Å². The van der Waals surface area contributed by atoms with Crippen molar-refractivity contribution in [2.45, 2.75) is 30.2 Å². The summed E-state index contributed by atoms with van der Waals surface area (Å²) in [5.41, 5.74) is 5.32. The van der Waals surface area contributed by atoms with Gasteiger partial charge in [0.05, 0.1) is 19.5 Å². The van der Waals surface area contributed by atoms with Crippen LogP contribution < -0.4 is 14.4 Å². The van der Waals surface area contributed by atoms with Crippen molar-refractivity contribution in [3.8, 4) is 34.0 Å².